The van der Waals surface area contributed by atoms with Crippen molar-refractivity contribution in [1.82, 2.24) is 15.2 Å². The standard InChI is InChI=1S/C19H25N5O.3ClH/c1-23-9-11-24(12-10-23)17-8-7-15(13-21-17)14-22-19(25)18(20)16-5-3-2-4-6-16;;;/h2-8,13,18H,9-12,14,20H2,1H3,(H,22,25);3*1H. The summed E-state index contributed by atoms with van der Waals surface area (Å²) in [7, 11) is 2.14. The monoisotopic (exact) mass is 447 g/mol. The number of pyridine rings is 1. The molecule has 0 aliphatic carbocycles. The van der Waals surface area contributed by atoms with Crippen molar-refractivity contribution >= 4 is 48.9 Å². The first kappa shape index (κ1) is 26.4. The van der Waals surface area contributed by atoms with E-state index in [9.17, 15) is 4.79 Å². The van der Waals surface area contributed by atoms with E-state index < -0.39 is 6.04 Å². The van der Waals surface area contributed by atoms with Crippen molar-refractivity contribution in [1.29, 1.82) is 0 Å². The Labute approximate surface area is 185 Å². The number of likely N-dealkylation sites (N-methyl/N-ethyl adjacent to an activating group) is 1. The number of anilines is 1. The quantitative estimate of drug-likeness (QED) is 0.735. The van der Waals surface area contributed by atoms with Crippen molar-refractivity contribution in [2.45, 2.75) is 12.6 Å². The summed E-state index contributed by atoms with van der Waals surface area (Å²) < 4.78 is 0. The molecule has 1 aliphatic heterocycles. The van der Waals surface area contributed by atoms with Crippen molar-refractivity contribution < 1.29 is 4.79 Å². The molecule has 1 aliphatic rings. The Morgan fingerprint density at radius 2 is 1.71 bits per heavy atom. The highest BCUT2D eigenvalue weighted by Gasteiger charge is 2.16. The van der Waals surface area contributed by atoms with Crippen LogP contribution in [0.5, 0.6) is 0 Å². The minimum absolute atomic E-state index is 0. The number of benzene rings is 1. The Kier molecular flexibility index (Phi) is 12.1. The number of nitrogens with zero attached hydrogens (tertiary/aromatic N) is 3. The van der Waals surface area contributed by atoms with Crippen molar-refractivity contribution in [3.63, 3.8) is 0 Å². The van der Waals surface area contributed by atoms with Gasteiger partial charge in [-0.25, -0.2) is 4.98 Å². The van der Waals surface area contributed by atoms with Crippen LogP contribution in [0.25, 0.3) is 0 Å². The highest BCUT2D eigenvalue weighted by atomic mass is 35.5. The van der Waals surface area contributed by atoms with E-state index in [1.165, 1.54) is 0 Å². The smallest absolute Gasteiger partial charge is 0.241 e. The van der Waals surface area contributed by atoms with Crippen molar-refractivity contribution in [2.24, 2.45) is 5.73 Å². The van der Waals surface area contributed by atoms with Gasteiger partial charge in [0.1, 0.15) is 11.9 Å². The largest absolute Gasteiger partial charge is 0.354 e. The van der Waals surface area contributed by atoms with Gasteiger partial charge in [-0.05, 0) is 24.2 Å². The third kappa shape index (κ3) is 7.11. The topological polar surface area (TPSA) is 74.5 Å². The van der Waals surface area contributed by atoms with Gasteiger partial charge >= 0.3 is 0 Å². The summed E-state index contributed by atoms with van der Waals surface area (Å²) in [6.45, 7) is 4.51. The van der Waals surface area contributed by atoms with E-state index in [0.717, 1.165) is 43.1 Å². The van der Waals surface area contributed by atoms with Gasteiger partial charge in [-0.2, -0.15) is 0 Å². The van der Waals surface area contributed by atoms with Crippen molar-refractivity contribution in [2.75, 3.05) is 38.1 Å². The Morgan fingerprint density at radius 1 is 1.07 bits per heavy atom. The average Bonchev–Trinajstić information content (AvgIpc) is 2.67. The maximum atomic E-state index is 12.2. The average molecular weight is 449 g/mol. The normalized spacial score (nSPS) is 14.7. The van der Waals surface area contributed by atoms with Gasteiger partial charge in [0.15, 0.2) is 0 Å². The van der Waals surface area contributed by atoms with E-state index in [-0.39, 0.29) is 43.1 Å². The summed E-state index contributed by atoms with van der Waals surface area (Å²) in [5.41, 5.74) is 7.77. The number of hydrogen-bond acceptors (Lipinski definition) is 5. The number of piperazine rings is 1. The fraction of sp³-hybridized carbons (Fsp3) is 0.368. The lowest BCUT2D eigenvalue weighted by atomic mass is 10.1. The number of rotatable bonds is 5. The minimum atomic E-state index is -0.654. The predicted molar refractivity (Wildman–Crippen MR) is 121 cm³/mol. The van der Waals surface area contributed by atoms with Gasteiger partial charge in [-0.3, -0.25) is 4.79 Å². The molecule has 2 heterocycles. The molecule has 3 rings (SSSR count). The second-order valence-corrected chi connectivity index (χ2v) is 6.42. The molecule has 1 aromatic heterocycles. The molecular weight excluding hydrogens is 421 g/mol. The second kappa shape index (κ2) is 12.8. The molecule has 0 radical (unpaired) electrons. The zero-order valence-corrected chi connectivity index (χ0v) is 18.2. The van der Waals surface area contributed by atoms with E-state index in [1.54, 1.807) is 0 Å². The zero-order valence-electron chi connectivity index (χ0n) is 15.8. The van der Waals surface area contributed by atoms with Crippen LogP contribution in [0.3, 0.4) is 0 Å². The Morgan fingerprint density at radius 3 is 2.29 bits per heavy atom. The summed E-state index contributed by atoms with van der Waals surface area (Å²) in [6.07, 6.45) is 1.82. The van der Waals surface area contributed by atoms with Crippen LogP contribution in [-0.4, -0.2) is 49.0 Å². The molecule has 1 aromatic carbocycles. The van der Waals surface area contributed by atoms with E-state index in [0.29, 0.717) is 6.54 Å². The predicted octanol–water partition coefficient (Wildman–Crippen LogP) is 2.42. The van der Waals surface area contributed by atoms with Crippen molar-refractivity contribution in [3.05, 3.63) is 59.8 Å². The highest BCUT2D eigenvalue weighted by Crippen LogP contribution is 2.14. The summed E-state index contributed by atoms with van der Waals surface area (Å²) in [6, 6.07) is 12.7. The number of carbonyl (C=O) groups is 1. The van der Waals surface area contributed by atoms with Gasteiger partial charge in [0, 0.05) is 38.9 Å². The first-order valence-corrected chi connectivity index (χ1v) is 8.60. The molecule has 6 nitrogen and oxygen atoms in total. The molecule has 1 atom stereocenters. The molecule has 156 valence electrons. The number of nitrogens with one attached hydrogen (secondary N) is 1. The van der Waals surface area contributed by atoms with Crippen LogP contribution >= 0.6 is 37.2 Å². The molecule has 1 unspecified atom stereocenters. The molecule has 9 heteroatoms. The SMILES string of the molecule is CN1CCN(c2ccc(CNC(=O)C(N)c3ccccc3)cn2)CC1.Cl.Cl.Cl. The van der Waals surface area contributed by atoms with E-state index in [2.05, 4.69) is 27.1 Å². The van der Waals surface area contributed by atoms with Crippen LogP contribution in [0, 0.1) is 0 Å². The van der Waals surface area contributed by atoms with Gasteiger partial charge in [-0.15, -0.1) is 37.2 Å². The van der Waals surface area contributed by atoms with Crippen molar-refractivity contribution in [3.8, 4) is 0 Å². The van der Waals surface area contributed by atoms with Gasteiger partial charge in [-0.1, -0.05) is 36.4 Å². The first-order chi connectivity index (χ1) is 12.1. The molecule has 0 spiro atoms. The molecule has 2 aromatic rings. The molecular formula is C19H28Cl3N5O. The number of hydrogen-bond donors (Lipinski definition) is 2. The summed E-state index contributed by atoms with van der Waals surface area (Å²) >= 11 is 0. The maximum Gasteiger partial charge on any atom is 0.241 e. The van der Waals surface area contributed by atoms with Crippen LogP contribution in [0.2, 0.25) is 0 Å². The number of aromatic nitrogens is 1. The molecule has 1 saturated heterocycles. The maximum absolute atomic E-state index is 12.2. The van der Waals surface area contributed by atoms with Gasteiger partial charge in [0.2, 0.25) is 5.91 Å². The van der Waals surface area contributed by atoms with E-state index in [4.69, 9.17) is 5.73 Å². The second-order valence-electron chi connectivity index (χ2n) is 6.42. The number of amides is 1. The molecule has 1 amide bonds. The lowest BCUT2D eigenvalue weighted by molar-refractivity contribution is -0.122. The van der Waals surface area contributed by atoms with Gasteiger partial charge < -0.3 is 20.9 Å². The van der Waals surface area contributed by atoms with Gasteiger partial charge in [0.25, 0.3) is 0 Å². The highest BCUT2D eigenvalue weighted by molar-refractivity contribution is 5.86. The molecule has 0 bridgehead atoms. The first-order valence-electron chi connectivity index (χ1n) is 8.60. The third-order valence-electron chi connectivity index (χ3n) is 4.54. The number of nitrogens with two attached hydrogens (primary N) is 1. The van der Waals surface area contributed by atoms with E-state index >= 15 is 0 Å². The van der Waals surface area contributed by atoms with E-state index in [1.807, 2.05) is 48.7 Å². The fourth-order valence-electron chi connectivity index (χ4n) is 2.85. The minimum Gasteiger partial charge on any atom is -0.354 e. The number of carbonyl (C=O) groups excluding carboxylic acids is 1. The number of halogens is 3. The van der Waals surface area contributed by atoms with Crippen LogP contribution < -0.4 is 16.0 Å². The molecule has 0 saturated carbocycles. The Balaban J connectivity index is 0.00000243. The van der Waals surface area contributed by atoms with Crippen LogP contribution in [0.1, 0.15) is 17.2 Å². The summed E-state index contributed by atoms with van der Waals surface area (Å²) in [5, 5.41) is 2.88. The van der Waals surface area contributed by atoms with Crippen LogP contribution in [-0.2, 0) is 11.3 Å². The van der Waals surface area contributed by atoms with Crippen LogP contribution in [0.4, 0.5) is 5.82 Å². The summed E-state index contributed by atoms with van der Waals surface area (Å²) in [5.74, 6) is 0.804. The molecule has 28 heavy (non-hydrogen) atoms. The molecule has 3 N–H and O–H groups in total. The van der Waals surface area contributed by atoms with Gasteiger partial charge in [0.05, 0.1) is 0 Å². The fourth-order valence-corrected chi connectivity index (χ4v) is 2.85. The lowest BCUT2D eigenvalue weighted by Gasteiger charge is -2.33. The third-order valence-corrected chi connectivity index (χ3v) is 4.54. The molecule has 1 fully saturated rings. The zero-order chi connectivity index (χ0) is 17.6. The Hall–Kier alpha value is -1.57. The van der Waals surface area contributed by atoms with Crippen LogP contribution in [0.15, 0.2) is 48.7 Å². The Bertz CT molecular complexity index is 694. The lowest BCUT2D eigenvalue weighted by Crippen LogP contribution is -2.44. The summed E-state index contributed by atoms with van der Waals surface area (Å²) in [4.78, 5) is 21.3.